The monoisotopic (exact) mass is 280 g/mol. The number of carboxylic acid groups (broad SMARTS) is 1. The van der Waals surface area contributed by atoms with E-state index in [2.05, 4.69) is 4.98 Å². The predicted octanol–water partition coefficient (Wildman–Crippen LogP) is 2.66. The molecule has 2 heterocycles. The van der Waals surface area contributed by atoms with Gasteiger partial charge in [0, 0.05) is 18.5 Å². The third-order valence-electron chi connectivity index (χ3n) is 2.70. The molecule has 0 fully saturated rings. The van der Waals surface area contributed by atoms with Crippen LogP contribution in [0.3, 0.4) is 0 Å². The third-order valence-corrected chi connectivity index (χ3v) is 3.64. The maximum absolute atomic E-state index is 13.0. The van der Waals surface area contributed by atoms with Gasteiger partial charge in [0.1, 0.15) is 17.2 Å². The number of carbonyl (C=O) groups is 1. The Morgan fingerprint density at radius 2 is 2.37 bits per heavy atom. The molecule has 0 spiro atoms. The molecule has 0 atom stereocenters. The Morgan fingerprint density at radius 3 is 3.00 bits per heavy atom. The molecule has 4 nitrogen and oxygen atoms in total. The number of likely N-dealkylation sites (N-methyl/N-ethyl adjacent to an activating group) is 1. The molecule has 6 heteroatoms. The van der Waals surface area contributed by atoms with Crippen molar-refractivity contribution in [3.8, 4) is 0 Å². The van der Waals surface area contributed by atoms with Crippen molar-refractivity contribution in [2.24, 2.45) is 0 Å². The van der Waals surface area contributed by atoms with E-state index in [9.17, 15) is 9.18 Å². The third kappa shape index (κ3) is 3.29. The Bertz CT molecular complexity index is 572. The molecule has 2 aromatic rings. The van der Waals surface area contributed by atoms with Crippen molar-refractivity contribution in [1.29, 1.82) is 0 Å². The van der Waals surface area contributed by atoms with Gasteiger partial charge >= 0.3 is 5.97 Å². The van der Waals surface area contributed by atoms with E-state index in [1.165, 1.54) is 4.88 Å². The number of hydrogen-bond acceptors (Lipinski definition) is 4. The van der Waals surface area contributed by atoms with Crippen molar-refractivity contribution in [2.45, 2.75) is 6.42 Å². The number of rotatable bonds is 5. The van der Waals surface area contributed by atoms with Crippen LogP contribution in [0, 0.1) is 5.82 Å². The number of anilines is 1. The molecule has 0 aliphatic heterocycles. The van der Waals surface area contributed by atoms with E-state index in [0.717, 1.165) is 18.7 Å². The van der Waals surface area contributed by atoms with Crippen LogP contribution in [0.1, 0.15) is 15.2 Å². The first-order chi connectivity index (χ1) is 9.08. The van der Waals surface area contributed by atoms with Crippen molar-refractivity contribution in [1.82, 2.24) is 4.98 Å². The van der Waals surface area contributed by atoms with Crippen LogP contribution in [-0.4, -0.2) is 29.7 Å². The molecule has 100 valence electrons. The topological polar surface area (TPSA) is 53.4 Å². The number of halogens is 1. The molecule has 19 heavy (non-hydrogen) atoms. The van der Waals surface area contributed by atoms with Gasteiger partial charge in [-0.2, -0.15) is 0 Å². The predicted molar refractivity (Wildman–Crippen MR) is 72.4 cm³/mol. The second kappa shape index (κ2) is 5.79. The van der Waals surface area contributed by atoms with Crippen molar-refractivity contribution >= 4 is 23.1 Å². The maximum atomic E-state index is 13.0. The van der Waals surface area contributed by atoms with Gasteiger partial charge in [0.2, 0.25) is 0 Å². The van der Waals surface area contributed by atoms with Crippen molar-refractivity contribution < 1.29 is 14.3 Å². The molecule has 0 aromatic carbocycles. The highest BCUT2D eigenvalue weighted by molar-refractivity contribution is 7.09. The summed E-state index contributed by atoms with van der Waals surface area (Å²) >= 11 is 1.65. The van der Waals surface area contributed by atoms with E-state index in [1.807, 2.05) is 17.5 Å². The largest absolute Gasteiger partial charge is 0.478 e. The summed E-state index contributed by atoms with van der Waals surface area (Å²) < 4.78 is 13.0. The lowest BCUT2D eigenvalue weighted by Gasteiger charge is -2.19. The first-order valence-electron chi connectivity index (χ1n) is 5.70. The van der Waals surface area contributed by atoms with E-state index in [0.29, 0.717) is 6.54 Å². The molecule has 0 aliphatic carbocycles. The Kier molecular flexibility index (Phi) is 4.11. The molecule has 0 radical (unpaired) electrons. The van der Waals surface area contributed by atoms with E-state index in [1.54, 1.807) is 23.3 Å². The molecule has 2 aromatic heterocycles. The average molecular weight is 280 g/mol. The van der Waals surface area contributed by atoms with Gasteiger partial charge in [0.15, 0.2) is 0 Å². The Balaban J connectivity index is 2.14. The smallest absolute Gasteiger partial charge is 0.339 e. The average Bonchev–Trinajstić information content (AvgIpc) is 2.88. The summed E-state index contributed by atoms with van der Waals surface area (Å²) in [4.78, 5) is 17.9. The number of pyridine rings is 1. The zero-order chi connectivity index (χ0) is 13.8. The second-order valence-corrected chi connectivity index (χ2v) is 5.11. The molecule has 0 bridgehead atoms. The van der Waals surface area contributed by atoms with E-state index in [-0.39, 0.29) is 11.4 Å². The normalized spacial score (nSPS) is 10.4. The summed E-state index contributed by atoms with van der Waals surface area (Å²) in [6.07, 6.45) is 1.83. The Hall–Kier alpha value is -1.95. The van der Waals surface area contributed by atoms with Gasteiger partial charge < -0.3 is 10.0 Å². The summed E-state index contributed by atoms with van der Waals surface area (Å²) in [5, 5.41) is 11.1. The van der Waals surface area contributed by atoms with Crippen molar-refractivity contribution in [3.63, 3.8) is 0 Å². The number of thiophene rings is 1. The minimum absolute atomic E-state index is 0.117. The van der Waals surface area contributed by atoms with Gasteiger partial charge in [-0.15, -0.1) is 11.3 Å². The number of aromatic nitrogens is 1. The zero-order valence-corrected chi connectivity index (χ0v) is 11.2. The summed E-state index contributed by atoms with van der Waals surface area (Å²) in [5.74, 6) is -1.54. The molecule has 0 unspecified atom stereocenters. The summed E-state index contributed by atoms with van der Waals surface area (Å²) in [6, 6.07) is 4.99. The highest BCUT2D eigenvalue weighted by Crippen LogP contribution is 2.18. The molecular formula is C13H13FN2O2S. The second-order valence-electron chi connectivity index (χ2n) is 4.08. The molecule has 0 saturated carbocycles. The quantitative estimate of drug-likeness (QED) is 0.915. The number of carboxylic acids is 1. The van der Waals surface area contributed by atoms with Crippen LogP contribution in [-0.2, 0) is 6.42 Å². The maximum Gasteiger partial charge on any atom is 0.339 e. The number of hydrogen-bond donors (Lipinski definition) is 1. The molecule has 1 N–H and O–H groups in total. The fourth-order valence-corrected chi connectivity index (χ4v) is 2.43. The number of aromatic carboxylic acids is 1. The van der Waals surface area contributed by atoms with Crippen molar-refractivity contribution in [2.75, 3.05) is 18.5 Å². The molecule has 0 amide bonds. The van der Waals surface area contributed by atoms with Crippen LogP contribution in [0.4, 0.5) is 10.2 Å². The van der Waals surface area contributed by atoms with Gasteiger partial charge in [-0.25, -0.2) is 14.2 Å². The van der Waals surface area contributed by atoms with Gasteiger partial charge in [-0.05, 0) is 23.9 Å². The number of nitrogens with zero attached hydrogens (tertiary/aromatic N) is 2. The first-order valence-corrected chi connectivity index (χ1v) is 6.58. The lowest BCUT2D eigenvalue weighted by Crippen LogP contribution is -2.23. The Morgan fingerprint density at radius 1 is 1.58 bits per heavy atom. The summed E-state index contributed by atoms with van der Waals surface area (Å²) in [7, 11) is 1.75. The van der Waals surface area contributed by atoms with Crippen LogP contribution in [0.5, 0.6) is 0 Å². The highest BCUT2D eigenvalue weighted by Gasteiger charge is 2.16. The fourth-order valence-electron chi connectivity index (χ4n) is 1.73. The van der Waals surface area contributed by atoms with Crippen LogP contribution >= 0.6 is 11.3 Å². The summed E-state index contributed by atoms with van der Waals surface area (Å²) in [6.45, 7) is 0.624. The van der Waals surface area contributed by atoms with Crippen LogP contribution < -0.4 is 4.90 Å². The lowest BCUT2D eigenvalue weighted by atomic mass is 10.2. The van der Waals surface area contributed by atoms with Crippen LogP contribution in [0.25, 0.3) is 0 Å². The first kappa shape index (κ1) is 13.5. The standard InChI is InChI=1S/C13H13FN2O2S/c1-16(5-4-10-3-2-6-19-10)12-11(13(17)18)7-9(14)8-15-12/h2-3,6-8H,4-5H2,1H3,(H,17,18). The van der Waals surface area contributed by atoms with Crippen LogP contribution in [0.15, 0.2) is 29.8 Å². The van der Waals surface area contributed by atoms with E-state index < -0.39 is 11.8 Å². The van der Waals surface area contributed by atoms with E-state index in [4.69, 9.17) is 5.11 Å². The minimum atomic E-state index is -1.18. The minimum Gasteiger partial charge on any atom is -0.478 e. The molecule has 0 aliphatic rings. The van der Waals surface area contributed by atoms with Crippen molar-refractivity contribution in [3.05, 3.63) is 46.0 Å². The van der Waals surface area contributed by atoms with Gasteiger partial charge in [-0.3, -0.25) is 0 Å². The van der Waals surface area contributed by atoms with Crippen LogP contribution in [0.2, 0.25) is 0 Å². The molecule has 2 rings (SSSR count). The summed E-state index contributed by atoms with van der Waals surface area (Å²) in [5.41, 5.74) is -0.117. The highest BCUT2D eigenvalue weighted by atomic mass is 32.1. The fraction of sp³-hybridized carbons (Fsp3) is 0.231. The van der Waals surface area contributed by atoms with Gasteiger partial charge in [-0.1, -0.05) is 6.07 Å². The molecular weight excluding hydrogens is 267 g/mol. The lowest BCUT2D eigenvalue weighted by molar-refractivity contribution is 0.0696. The van der Waals surface area contributed by atoms with E-state index >= 15 is 0 Å². The SMILES string of the molecule is CN(CCc1cccs1)c1ncc(F)cc1C(=O)O. The zero-order valence-electron chi connectivity index (χ0n) is 10.3. The molecule has 0 saturated heterocycles. The Labute approximate surface area is 114 Å². The van der Waals surface area contributed by atoms with Gasteiger partial charge in [0.25, 0.3) is 0 Å². The van der Waals surface area contributed by atoms with Gasteiger partial charge in [0.05, 0.1) is 6.20 Å².